The maximum Gasteiger partial charge on any atom is 0.267 e. The summed E-state index contributed by atoms with van der Waals surface area (Å²) in [7, 11) is 1.81. The molecule has 6 rings (SSSR count). The van der Waals surface area contributed by atoms with Crippen LogP contribution < -0.4 is 16.6 Å². The molecule has 6 aromatic rings. The molecule has 39 heavy (non-hydrogen) atoms. The van der Waals surface area contributed by atoms with E-state index in [0.717, 1.165) is 5.56 Å². The van der Waals surface area contributed by atoms with Crippen molar-refractivity contribution in [3.8, 4) is 23.0 Å². The van der Waals surface area contributed by atoms with Gasteiger partial charge < -0.3 is 11.1 Å². The molecule has 0 fully saturated rings. The largest absolute Gasteiger partial charge is 0.381 e. The van der Waals surface area contributed by atoms with Crippen LogP contribution in [0.5, 0.6) is 0 Å². The molecule has 1 atom stereocenters. The first-order chi connectivity index (χ1) is 18.9. The van der Waals surface area contributed by atoms with Gasteiger partial charge >= 0.3 is 0 Å². The van der Waals surface area contributed by atoms with E-state index in [-0.39, 0.29) is 16.9 Å². The minimum Gasteiger partial charge on any atom is -0.381 e. The molecule has 1 aromatic carbocycles. The number of nitrogens with two attached hydrogens (primary N) is 1. The quantitative estimate of drug-likeness (QED) is 0.331. The van der Waals surface area contributed by atoms with Crippen molar-refractivity contribution in [1.82, 2.24) is 39.1 Å². The Morgan fingerprint density at radius 2 is 2.00 bits per heavy atom. The first kappa shape index (κ1) is 24.1. The molecule has 0 radical (unpaired) electrons. The number of hydrogen-bond acceptors (Lipinski definition) is 8. The maximum atomic E-state index is 14.0. The highest BCUT2D eigenvalue weighted by Crippen LogP contribution is 2.27. The van der Waals surface area contributed by atoms with Gasteiger partial charge in [-0.05, 0) is 24.5 Å². The predicted molar refractivity (Wildman–Crippen MR) is 147 cm³/mol. The summed E-state index contributed by atoms with van der Waals surface area (Å²) in [5.41, 5.74) is 8.98. The highest BCUT2D eigenvalue weighted by atomic mass is 32.1. The topological polar surface area (TPSA) is 138 Å². The second-order valence-corrected chi connectivity index (χ2v) is 9.61. The number of nitrogen functional groups attached to an aromatic ring is 1. The van der Waals surface area contributed by atoms with Crippen molar-refractivity contribution in [2.75, 3.05) is 5.73 Å². The van der Waals surface area contributed by atoms with Crippen molar-refractivity contribution >= 4 is 33.7 Å². The van der Waals surface area contributed by atoms with Crippen LogP contribution in [0, 0.1) is 11.8 Å². The van der Waals surface area contributed by atoms with Gasteiger partial charge in [0.05, 0.1) is 29.1 Å². The number of fused-ring (bicyclic) bond motifs is 2. The van der Waals surface area contributed by atoms with Gasteiger partial charge in [0, 0.05) is 31.0 Å². The molecule has 0 aliphatic rings. The summed E-state index contributed by atoms with van der Waals surface area (Å²) in [4.78, 5) is 36.8. The number of thiazole rings is 1. The van der Waals surface area contributed by atoms with Crippen LogP contribution in [0.4, 0.5) is 5.82 Å². The van der Waals surface area contributed by atoms with E-state index < -0.39 is 11.9 Å². The van der Waals surface area contributed by atoms with E-state index in [2.05, 4.69) is 32.3 Å². The Morgan fingerprint density at radius 1 is 1.18 bits per heavy atom. The molecule has 0 bridgehead atoms. The van der Waals surface area contributed by atoms with Crippen molar-refractivity contribution < 1.29 is 4.79 Å². The smallest absolute Gasteiger partial charge is 0.267 e. The summed E-state index contributed by atoms with van der Waals surface area (Å²) >= 11 is 1.30. The fourth-order valence-corrected chi connectivity index (χ4v) is 5.14. The number of carbonyl (C=O) groups excluding carboxylic acids is 1. The van der Waals surface area contributed by atoms with Crippen LogP contribution in [0.15, 0.2) is 71.4 Å². The normalized spacial score (nSPS) is 11.8. The third kappa shape index (κ3) is 4.30. The Bertz CT molecular complexity index is 1990. The summed E-state index contributed by atoms with van der Waals surface area (Å²) in [6.07, 6.45) is 6.68. The van der Waals surface area contributed by atoms with Crippen LogP contribution in [0.3, 0.4) is 0 Å². The molecule has 192 valence electrons. The Hall–Kier alpha value is -5.28. The molecular formula is C27H21N9O2S. The van der Waals surface area contributed by atoms with Gasteiger partial charge in [-0.1, -0.05) is 36.3 Å². The molecule has 11 nitrogen and oxygen atoms in total. The van der Waals surface area contributed by atoms with Gasteiger partial charge in [-0.3, -0.25) is 14.3 Å². The molecule has 5 heterocycles. The van der Waals surface area contributed by atoms with E-state index in [1.54, 1.807) is 47.8 Å². The minimum atomic E-state index is -0.643. The van der Waals surface area contributed by atoms with Crippen molar-refractivity contribution in [3.63, 3.8) is 0 Å². The van der Waals surface area contributed by atoms with E-state index in [1.165, 1.54) is 20.3 Å². The number of nitrogens with zero attached hydrogens (tertiary/aromatic N) is 7. The van der Waals surface area contributed by atoms with E-state index >= 15 is 0 Å². The van der Waals surface area contributed by atoms with Crippen LogP contribution in [0.2, 0.25) is 0 Å². The molecule has 0 aliphatic heterocycles. The molecule has 0 spiro atoms. The number of nitrogens with one attached hydrogen (secondary N) is 1. The fraction of sp³-hybridized carbons (Fsp3) is 0.111. The second kappa shape index (κ2) is 9.55. The summed E-state index contributed by atoms with van der Waals surface area (Å²) in [5, 5.41) is 13.0. The first-order valence-corrected chi connectivity index (χ1v) is 12.8. The van der Waals surface area contributed by atoms with Gasteiger partial charge in [-0.2, -0.15) is 5.10 Å². The third-order valence-electron chi connectivity index (χ3n) is 6.11. The van der Waals surface area contributed by atoms with Crippen molar-refractivity contribution in [2.45, 2.75) is 13.0 Å². The SMILES string of the molecule is C[C@@H](NC(=O)c1c(N)nn2cccnc12)c1nc2scc(C#Cc3cnn(C)c3)n2c(=O)c1-c1ccccc1. The minimum absolute atomic E-state index is 0.0558. The lowest BCUT2D eigenvalue weighted by atomic mass is 10.0. The number of carbonyl (C=O) groups is 1. The number of hydrogen-bond donors (Lipinski definition) is 2. The summed E-state index contributed by atoms with van der Waals surface area (Å²) in [6, 6.07) is 10.3. The van der Waals surface area contributed by atoms with E-state index in [9.17, 15) is 9.59 Å². The van der Waals surface area contributed by atoms with Crippen molar-refractivity contribution in [2.24, 2.45) is 7.05 Å². The molecule has 0 aliphatic carbocycles. The zero-order chi connectivity index (χ0) is 27.1. The Morgan fingerprint density at radius 3 is 2.77 bits per heavy atom. The average Bonchev–Trinajstić information content (AvgIpc) is 3.63. The monoisotopic (exact) mass is 535 g/mol. The molecule has 3 N–H and O–H groups in total. The zero-order valence-corrected chi connectivity index (χ0v) is 21.7. The molecule has 0 saturated heterocycles. The number of rotatable bonds is 4. The number of amides is 1. The number of benzene rings is 1. The van der Waals surface area contributed by atoms with Crippen molar-refractivity contribution in [1.29, 1.82) is 0 Å². The standard InChI is InChI=1S/C27H21N9O2S/c1-16(31-25(37)21-23(28)33-35-12-6-11-29-24(21)35)22-20(18-7-4-3-5-8-18)26(38)36-19(15-39-27(36)32-22)10-9-17-13-30-34(2)14-17/h3-8,11-16H,1-2H3,(H2,28,33)(H,31,37)/t16-/m1/s1. The number of anilines is 1. The van der Waals surface area contributed by atoms with Crippen molar-refractivity contribution in [3.05, 3.63) is 99.4 Å². The highest BCUT2D eigenvalue weighted by molar-refractivity contribution is 7.15. The molecular weight excluding hydrogens is 514 g/mol. The van der Waals surface area contributed by atoms with E-state index in [0.29, 0.717) is 33.1 Å². The van der Waals surface area contributed by atoms with Crippen LogP contribution in [-0.2, 0) is 7.05 Å². The fourth-order valence-electron chi connectivity index (χ4n) is 4.33. The molecule has 1 amide bonds. The predicted octanol–water partition coefficient (Wildman–Crippen LogP) is 2.67. The summed E-state index contributed by atoms with van der Waals surface area (Å²) in [6.45, 7) is 1.77. The molecule has 0 unspecified atom stereocenters. The lowest BCUT2D eigenvalue weighted by Gasteiger charge is -2.17. The summed E-state index contributed by atoms with van der Waals surface area (Å²) in [5.74, 6) is 5.71. The van der Waals surface area contributed by atoms with Gasteiger partial charge in [0.2, 0.25) is 0 Å². The van der Waals surface area contributed by atoms with Crippen LogP contribution in [0.25, 0.3) is 21.7 Å². The van der Waals surface area contributed by atoms with Gasteiger partial charge in [0.25, 0.3) is 11.5 Å². The van der Waals surface area contributed by atoms with Gasteiger partial charge in [-0.15, -0.1) is 16.4 Å². The van der Waals surface area contributed by atoms with Gasteiger partial charge in [-0.25, -0.2) is 18.9 Å². The zero-order valence-electron chi connectivity index (χ0n) is 20.9. The summed E-state index contributed by atoms with van der Waals surface area (Å²) < 4.78 is 4.61. The molecule has 0 saturated carbocycles. The maximum absolute atomic E-state index is 14.0. The van der Waals surface area contributed by atoms with Crippen LogP contribution in [-0.4, -0.2) is 39.7 Å². The molecule has 5 aromatic heterocycles. The Labute approximate surface area is 225 Å². The lowest BCUT2D eigenvalue weighted by Crippen LogP contribution is -2.30. The van der Waals surface area contributed by atoms with Crippen LogP contribution >= 0.6 is 11.3 Å². The lowest BCUT2D eigenvalue weighted by molar-refractivity contribution is 0.0941. The van der Waals surface area contributed by atoms with Crippen LogP contribution in [0.1, 0.15) is 40.3 Å². The number of aryl methyl sites for hydroxylation is 1. The third-order valence-corrected chi connectivity index (χ3v) is 6.93. The highest BCUT2D eigenvalue weighted by Gasteiger charge is 2.25. The number of aromatic nitrogens is 7. The Balaban J connectivity index is 1.45. The van der Waals surface area contributed by atoms with Gasteiger partial charge in [0.15, 0.2) is 16.4 Å². The molecule has 12 heteroatoms. The van der Waals surface area contributed by atoms with E-state index in [1.807, 2.05) is 37.4 Å². The second-order valence-electron chi connectivity index (χ2n) is 8.78. The Kier molecular flexibility index (Phi) is 5.90. The van der Waals surface area contributed by atoms with Gasteiger partial charge in [0.1, 0.15) is 11.3 Å². The van der Waals surface area contributed by atoms with E-state index in [4.69, 9.17) is 10.7 Å². The average molecular weight is 536 g/mol. The first-order valence-electron chi connectivity index (χ1n) is 11.9.